The van der Waals surface area contributed by atoms with Gasteiger partial charge in [0.1, 0.15) is 11.5 Å². The number of hydrogen-bond donors (Lipinski definition) is 0. The minimum absolute atomic E-state index is 0.0492. The van der Waals surface area contributed by atoms with Crippen LogP contribution in [0.4, 0.5) is 0 Å². The molecule has 0 N–H and O–H groups in total. The number of ether oxygens (including phenoxy) is 1. The van der Waals surface area contributed by atoms with E-state index in [1.54, 1.807) is 43.3 Å². The minimum atomic E-state index is -0.134. The van der Waals surface area contributed by atoms with E-state index >= 15 is 0 Å². The van der Waals surface area contributed by atoms with E-state index in [-0.39, 0.29) is 18.2 Å². The summed E-state index contributed by atoms with van der Waals surface area (Å²) in [4.78, 5) is 23.0. The van der Waals surface area contributed by atoms with Crippen molar-refractivity contribution in [1.82, 2.24) is 0 Å². The van der Waals surface area contributed by atoms with Gasteiger partial charge in [-0.2, -0.15) is 0 Å². The zero-order valence-corrected chi connectivity index (χ0v) is 12.4. The first-order valence-electron chi connectivity index (χ1n) is 6.54. The van der Waals surface area contributed by atoms with Crippen molar-refractivity contribution in [2.75, 3.05) is 6.61 Å². The van der Waals surface area contributed by atoms with Gasteiger partial charge in [-0.25, -0.2) is 0 Å². The van der Waals surface area contributed by atoms with Crippen molar-refractivity contribution in [3.8, 4) is 5.75 Å². The molecule has 2 aromatic carbocycles. The molecular weight excluding hydrogens is 288 g/mol. The van der Waals surface area contributed by atoms with Gasteiger partial charge in [0.05, 0.1) is 0 Å². The molecule has 2 rings (SSSR count). The normalized spacial score (nSPS) is 10.2. The molecule has 0 unspecified atom stereocenters. The van der Waals surface area contributed by atoms with E-state index in [2.05, 4.69) is 0 Å². The monoisotopic (exact) mass is 302 g/mol. The van der Waals surface area contributed by atoms with Crippen molar-refractivity contribution in [2.24, 2.45) is 0 Å². The maximum Gasteiger partial charge on any atom is 0.200 e. The number of Topliss-reactive ketones (excluding diaryl/α,β-unsaturated/α-hetero) is 2. The van der Waals surface area contributed by atoms with E-state index < -0.39 is 0 Å². The molecule has 0 aliphatic heterocycles. The van der Waals surface area contributed by atoms with Crippen LogP contribution in [0.2, 0.25) is 5.02 Å². The highest BCUT2D eigenvalue weighted by atomic mass is 35.5. The van der Waals surface area contributed by atoms with Gasteiger partial charge in [0.15, 0.2) is 12.4 Å². The summed E-state index contributed by atoms with van der Waals surface area (Å²) in [6, 6.07) is 13.9. The smallest absolute Gasteiger partial charge is 0.200 e. The number of benzene rings is 2. The molecule has 4 heteroatoms. The van der Waals surface area contributed by atoms with E-state index in [9.17, 15) is 9.59 Å². The summed E-state index contributed by atoms with van der Waals surface area (Å²) in [6.45, 7) is 1.50. The van der Waals surface area contributed by atoms with Gasteiger partial charge in [0.25, 0.3) is 0 Å². The topological polar surface area (TPSA) is 43.4 Å². The fourth-order valence-corrected chi connectivity index (χ4v) is 2.08. The van der Waals surface area contributed by atoms with Crippen LogP contribution in [-0.4, -0.2) is 18.2 Å². The summed E-state index contributed by atoms with van der Waals surface area (Å²) in [5, 5.41) is 0.523. The number of carbonyl (C=O) groups excluding carboxylic acids is 2. The Morgan fingerprint density at radius 3 is 2.43 bits per heavy atom. The molecule has 0 aliphatic rings. The van der Waals surface area contributed by atoms with Crippen LogP contribution >= 0.6 is 11.6 Å². The fraction of sp³-hybridized carbons (Fsp3) is 0.176. The third-order valence-corrected chi connectivity index (χ3v) is 3.13. The van der Waals surface area contributed by atoms with Gasteiger partial charge < -0.3 is 4.74 Å². The van der Waals surface area contributed by atoms with Crippen molar-refractivity contribution in [3.63, 3.8) is 0 Å². The van der Waals surface area contributed by atoms with Gasteiger partial charge in [-0.05, 0) is 36.8 Å². The molecule has 0 radical (unpaired) electrons. The predicted octanol–water partition coefficient (Wildman–Crippen LogP) is 3.73. The van der Waals surface area contributed by atoms with Crippen molar-refractivity contribution in [2.45, 2.75) is 13.3 Å². The summed E-state index contributed by atoms with van der Waals surface area (Å²) < 4.78 is 5.44. The van der Waals surface area contributed by atoms with Crippen LogP contribution in [0.5, 0.6) is 5.75 Å². The molecular formula is C17H15ClO3. The lowest BCUT2D eigenvalue weighted by Gasteiger charge is -2.06. The number of ketones is 2. The van der Waals surface area contributed by atoms with Crippen molar-refractivity contribution in [1.29, 1.82) is 0 Å². The van der Waals surface area contributed by atoms with Crippen molar-refractivity contribution >= 4 is 23.2 Å². The minimum Gasteiger partial charge on any atom is -0.485 e. The first kappa shape index (κ1) is 15.3. The van der Waals surface area contributed by atoms with Gasteiger partial charge in [-0.3, -0.25) is 9.59 Å². The summed E-state index contributed by atoms with van der Waals surface area (Å²) in [5.41, 5.74) is 1.45. The second kappa shape index (κ2) is 7.04. The average Bonchev–Trinajstić information content (AvgIpc) is 2.45. The Bertz CT molecular complexity index is 647. The van der Waals surface area contributed by atoms with Crippen LogP contribution in [0.25, 0.3) is 0 Å². The molecule has 0 aromatic heterocycles. The molecule has 0 saturated heterocycles. The van der Waals surface area contributed by atoms with Crippen LogP contribution in [-0.2, 0) is 11.2 Å². The highest BCUT2D eigenvalue weighted by Gasteiger charge is 2.07. The van der Waals surface area contributed by atoms with Crippen molar-refractivity contribution in [3.05, 3.63) is 64.7 Å². The third-order valence-electron chi connectivity index (χ3n) is 2.89. The Morgan fingerprint density at radius 2 is 1.81 bits per heavy atom. The predicted molar refractivity (Wildman–Crippen MR) is 82.1 cm³/mol. The Morgan fingerprint density at radius 1 is 1.10 bits per heavy atom. The Hall–Kier alpha value is -2.13. The molecule has 0 fully saturated rings. The van der Waals surface area contributed by atoms with Gasteiger partial charge in [0, 0.05) is 17.0 Å². The molecule has 0 amide bonds. The second-order valence-corrected chi connectivity index (χ2v) is 5.18. The van der Waals surface area contributed by atoms with Crippen LogP contribution in [0, 0.1) is 0 Å². The Balaban J connectivity index is 1.93. The zero-order chi connectivity index (χ0) is 15.2. The van der Waals surface area contributed by atoms with E-state index in [4.69, 9.17) is 16.3 Å². The zero-order valence-electron chi connectivity index (χ0n) is 11.6. The standard InChI is InChI=1S/C17H15ClO3/c1-12(19)9-13-5-7-16(8-6-13)21-11-17(20)14-3-2-4-15(18)10-14/h2-8,10H,9,11H2,1H3. The van der Waals surface area contributed by atoms with E-state index in [0.29, 0.717) is 22.8 Å². The molecule has 0 heterocycles. The summed E-state index contributed by atoms with van der Waals surface area (Å²) in [6.07, 6.45) is 0.404. The number of carbonyl (C=O) groups is 2. The van der Waals surface area contributed by atoms with Gasteiger partial charge in [0.2, 0.25) is 0 Å². The largest absolute Gasteiger partial charge is 0.485 e. The van der Waals surface area contributed by atoms with Gasteiger partial charge >= 0.3 is 0 Å². The molecule has 0 bridgehead atoms. The van der Waals surface area contributed by atoms with Crippen LogP contribution < -0.4 is 4.74 Å². The van der Waals surface area contributed by atoms with Crippen LogP contribution in [0.1, 0.15) is 22.8 Å². The van der Waals surface area contributed by atoms with Crippen LogP contribution in [0.3, 0.4) is 0 Å². The van der Waals surface area contributed by atoms with E-state index in [1.165, 1.54) is 0 Å². The maximum absolute atomic E-state index is 12.0. The lowest BCUT2D eigenvalue weighted by Crippen LogP contribution is -2.11. The lowest BCUT2D eigenvalue weighted by atomic mass is 10.1. The quantitative estimate of drug-likeness (QED) is 0.764. The van der Waals surface area contributed by atoms with Crippen LogP contribution in [0.15, 0.2) is 48.5 Å². The molecule has 108 valence electrons. The van der Waals surface area contributed by atoms with Crippen molar-refractivity contribution < 1.29 is 14.3 Å². The average molecular weight is 303 g/mol. The molecule has 21 heavy (non-hydrogen) atoms. The molecule has 0 saturated carbocycles. The SMILES string of the molecule is CC(=O)Cc1ccc(OCC(=O)c2cccc(Cl)c2)cc1. The van der Waals surface area contributed by atoms with Gasteiger partial charge in [-0.15, -0.1) is 0 Å². The molecule has 0 aliphatic carbocycles. The van der Waals surface area contributed by atoms with Gasteiger partial charge in [-0.1, -0.05) is 35.9 Å². The van der Waals surface area contributed by atoms with E-state index in [0.717, 1.165) is 5.56 Å². The van der Waals surface area contributed by atoms with E-state index in [1.807, 2.05) is 12.1 Å². The fourth-order valence-electron chi connectivity index (χ4n) is 1.89. The molecule has 3 nitrogen and oxygen atoms in total. The lowest BCUT2D eigenvalue weighted by molar-refractivity contribution is -0.116. The Labute approximate surface area is 128 Å². The number of halogens is 1. The number of rotatable bonds is 6. The number of hydrogen-bond acceptors (Lipinski definition) is 3. The second-order valence-electron chi connectivity index (χ2n) is 4.74. The summed E-state index contributed by atoms with van der Waals surface area (Å²) in [7, 11) is 0. The molecule has 0 spiro atoms. The first-order valence-corrected chi connectivity index (χ1v) is 6.92. The summed E-state index contributed by atoms with van der Waals surface area (Å²) in [5.74, 6) is 0.572. The maximum atomic E-state index is 12.0. The molecule has 2 aromatic rings. The highest BCUT2D eigenvalue weighted by molar-refractivity contribution is 6.31. The highest BCUT2D eigenvalue weighted by Crippen LogP contribution is 2.15. The Kier molecular flexibility index (Phi) is 5.12. The summed E-state index contributed by atoms with van der Waals surface area (Å²) >= 11 is 5.84. The third kappa shape index (κ3) is 4.72. The molecule has 0 atom stereocenters. The first-order chi connectivity index (χ1) is 10.0.